The van der Waals surface area contributed by atoms with Crippen LogP contribution in [0.4, 0.5) is 4.79 Å². The number of nitrogens with zero attached hydrogens (tertiary/aromatic N) is 2. The maximum atomic E-state index is 13.1. The number of urea groups is 1. The van der Waals surface area contributed by atoms with Crippen LogP contribution in [0, 0.1) is 0 Å². The number of carbonyl (C=O) groups excluding carboxylic acids is 2. The van der Waals surface area contributed by atoms with E-state index < -0.39 is 11.6 Å². The molecule has 7 nitrogen and oxygen atoms in total. The Morgan fingerprint density at radius 1 is 1.19 bits per heavy atom. The van der Waals surface area contributed by atoms with E-state index in [-0.39, 0.29) is 19.2 Å². The lowest BCUT2D eigenvalue weighted by Gasteiger charge is -2.22. The summed E-state index contributed by atoms with van der Waals surface area (Å²) >= 11 is 1.48. The van der Waals surface area contributed by atoms with Crippen molar-refractivity contribution in [2.24, 2.45) is 0 Å². The fraction of sp³-hybridized carbons (Fsp3) is 0.211. The Morgan fingerprint density at radius 2 is 2.00 bits per heavy atom. The van der Waals surface area contributed by atoms with Crippen molar-refractivity contribution in [2.45, 2.75) is 19.0 Å². The lowest BCUT2D eigenvalue weighted by molar-refractivity contribution is -0.131. The average molecular weight is 381 g/mol. The second-order valence-electron chi connectivity index (χ2n) is 6.59. The van der Waals surface area contributed by atoms with Crippen molar-refractivity contribution >= 4 is 33.5 Å². The van der Waals surface area contributed by atoms with Gasteiger partial charge in [-0.3, -0.25) is 9.69 Å². The third-order valence-electron chi connectivity index (χ3n) is 4.86. The van der Waals surface area contributed by atoms with E-state index in [9.17, 15) is 9.59 Å². The Bertz CT molecular complexity index is 1060. The lowest BCUT2D eigenvalue weighted by Crippen LogP contribution is -2.40. The number of para-hydroxylation sites is 1. The predicted octanol–water partition coefficient (Wildman–Crippen LogP) is 2.99. The van der Waals surface area contributed by atoms with Gasteiger partial charge in [-0.1, -0.05) is 18.2 Å². The second kappa shape index (κ2) is 5.68. The summed E-state index contributed by atoms with van der Waals surface area (Å²) in [5, 5.41) is 3.53. The fourth-order valence-corrected chi connectivity index (χ4v) is 4.32. The van der Waals surface area contributed by atoms with E-state index in [2.05, 4.69) is 10.3 Å². The van der Waals surface area contributed by atoms with E-state index in [0.29, 0.717) is 17.1 Å². The normalized spacial score (nSPS) is 21.1. The molecule has 3 heterocycles. The van der Waals surface area contributed by atoms with Gasteiger partial charge in [-0.25, -0.2) is 9.78 Å². The maximum absolute atomic E-state index is 13.1. The zero-order chi connectivity index (χ0) is 18.6. The number of fused-ring (bicyclic) bond motifs is 2. The molecule has 3 aromatic rings. The zero-order valence-electron chi connectivity index (χ0n) is 14.4. The number of hydrogen-bond donors (Lipinski definition) is 1. The summed E-state index contributed by atoms with van der Waals surface area (Å²) in [4.78, 5) is 31.4. The molecule has 1 aromatic heterocycles. The molecule has 5 rings (SSSR count). The van der Waals surface area contributed by atoms with Crippen LogP contribution in [0.15, 0.2) is 42.5 Å². The highest BCUT2D eigenvalue weighted by atomic mass is 32.1. The van der Waals surface area contributed by atoms with Gasteiger partial charge in [0, 0.05) is 0 Å². The van der Waals surface area contributed by atoms with Gasteiger partial charge in [0.15, 0.2) is 11.5 Å². The molecule has 27 heavy (non-hydrogen) atoms. The summed E-state index contributed by atoms with van der Waals surface area (Å²) in [5.74, 6) is 0.886. The quantitative estimate of drug-likeness (QED) is 0.706. The highest BCUT2D eigenvalue weighted by Crippen LogP contribution is 2.38. The molecular formula is C19H15N3O4S. The maximum Gasteiger partial charge on any atom is 0.325 e. The molecule has 2 aromatic carbocycles. The number of aromatic nitrogens is 1. The van der Waals surface area contributed by atoms with Gasteiger partial charge in [0.2, 0.25) is 6.79 Å². The van der Waals surface area contributed by atoms with Crippen LogP contribution in [0.1, 0.15) is 17.5 Å². The van der Waals surface area contributed by atoms with Crippen molar-refractivity contribution in [3.8, 4) is 11.5 Å². The van der Waals surface area contributed by atoms with E-state index in [1.807, 2.05) is 24.3 Å². The van der Waals surface area contributed by atoms with E-state index in [1.54, 1.807) is 25.1 Å². The van der Waals surface area contributed by atoms with Crippen molar-refractivity contribution < 1.29 is 19.1 Å². The molecule has 1 fully saturated rings. The van der Waals surface area contributed by atoms with Gasteiger partial charge >= 0.3 is 6.03 Å². The number of rotatable bonds is 3. The number of carbonyl (C=O) groups is 2. The predicted molar refractivity (Wildman–Crippen MR) is 98.6 cm³/mol. The molecule has 0 radical (unpaired) electrons. The van der Waals surface area contributed by atoms with Gasteiger partial charge in [-0.05, 0) is 36.8 Å². The first-order chi connectivity index (χ1) is 13.0. The van der Waals surface area contributed by atoms with Crippen LogP contribution in [0.2, 0.25) is 0 Å². The monoisotopic (exact) mass is 381 g/mol. The summed E-state index contributed by atoms with van der Waals surface area (Å²) in [5.41, 5.74) is 0.356. The molecule has 1 N–H and O–H groups in total. The summed E-state index contributed by atoms with van der Waals surface area (Å²) in [6, 6.07) is 12.6. The minimum absolute atomic E-state index is 0.143. The van der Waals surface area contributed by atoms with Gasteiger partial charge in [0.25, 0.3) is 5.91 Å². The van der Waals surface area contributed by atoms with Gasteiger partial charge in [0.05, 0.1) is 16.8 Å². The number of imide groups is 1. The number of thiazole rings is 1. The van der Waals surface area contributed by atoms with Crippen LogP contribution in [0.25, 0.3) is 10.2 Å². The van der Waals surface area contributed by atoms with Crippen LogP contribution in [-0.2, 0) is 16.9 Å². The topological polar surface area (TPSA) is 80.8 Å². The molecule has 1 saturated heterocycles. The number of benzene rings is 2. The van der Waals surface area contributed by atoms with Crippen molar-refractivity contribution in [3.05, 3.63) is 53.0 Å². The van der Waals surface area contributed by atoms with Crippen LogP contribution in [0.5, 0.6) is 11.5 Å². The van der Waals surface area contributed by atoms with E-state index in [0.717, 1.165) is 15.2 Å². The minimum atomic E-state index is -1.16. The first-order valence-corrected chi connectivity index (χ1v) is 9.25. The second-order valence-corrected chi connectivity index (χ2v) is 7.71. The molecule has 3 amide bonds. The van der Waals surface area contributed by atoms with E-state index in [4.69, 9.17) is 9.47 Å². The first kappa shape index (κ1) is 16.1. The van der Waals surface area contributed by atoms with Crippen LogP contribution in [-0.4, -0.2) is 28.6 Å². The molecule has 2 aliphatic rings. The van der Waals surface area contributed by atoms with Crippen molar-refractivity contribution in [3.63, 3.8) is 0 Å². The molecule has 1 atom stereocenters. The Balaban J connectivity index is 1.45. The van der Waals surface area contributed by atoms with E-state index >= 15 is 0 Å². The molecule has 8 heteroatoms. The smallest absolute Gasteiger partial charge is 0.325 e. The third-order valence-corrected chi connectivity index (χ3v) is 5.88. The molecule has 0 spiro atoms. The Morgan fingerprint density at radius 3 is 2.85 bits per heavy atom. The summed E-state index contributed by atoms with van der Waals surface area (Å²) in [6.45, 7) is 1.99. The van der Waals surface area contributed by atoms with E-state index in [1.165, 1.54) is 16.2 Å². The molecule has 0 aliphatic carbocycles. The molecule has 0 unspecified atom stereocenters. The fourth-order valence-electron chi connectivity index (χ4n) is 3.37. The van der Waals surface area contributed by atoms with Gasteiger partial charge < -0.3 is 14.8 Å². The Kier molecular flexibility index (Phi) is 3.38. The number of nitrogens with one attached hydrogen (secondary N) is 1. The van der Waals surface area contributed by atoms with Crippen molar-refractivity contribution in [2.75, 3.05) is 6.79 Å². The molecule has 0 saturated carbocycles. The first-order valence-electron chi connectivity index (χ1n) is 8.43. The molecule has 0 bridgehead atoms. The van der Waals surface area contributed by atoms with Crippen LogP contribution >= 0.6 is 11.3 Å². The van der Waals surface area contributed by atoms with Gasteiger partial charge in [-0.2, -0.15) is 0 Å². The Hall–Kier alpha value is -3.13. The molecular weight excluding hydrogens is 366 g/mol. The Labute approximate surface area is 158 Å². The number of ether oxygens (including phenoxy) is 2. The van der Waals surface area contributed by atoms with Gasteiger partial charge in [-0.15, -0.1) is 11.3 Å². The number of amides is 3. The number of hydrogen-bond acceptors (Lipinski definition) is 6. The zero-order valence-corrected chi connectivity index (χ0v) is 15.2. The molecule has 136 valence electrons. The van der Waals surface area contributed by atoms with Crippen molar-refractivity contribution in [1.29, 1.82) is 0 Å². The summed E-state index contributed by atoms with van der Waals surface area (Å²) < 4.78 is 11.7. The summed E-state index contributed by atoms with van der Waals surface area (Å²) in [6.07, 6.45) is 0. The SMILES string of the molecule is C[C@@]1(c2ccc3c(c2)OCO3)NC(=O)N(Cc2nc3ccccc3s2)C1=O. The highest BCUT2D eigenvalue weighted by Gasteiger charge is 2.49. The molecule has 2 aliphatic heterocycles. The summed E-state index contributed by atoms with van der Waals surface area (Å²) in [7, 11) is 0. The standard InChI is InChI=1S/C19H15N3O4S/c1-19(11-6-7-13-14(8-11)26-10-25-13)17(23)22(18(24)21-19)9-16-20-12-4-2-3-5-15(12)27-16/h2-8H,9-10H2,1H3,(H,21,24)/t19-/m0/s1. The lowest BCUT2D eigenvalue weighted by atomic mass is 9.91. The van der Waals surface area contributed by atoms with Crippen LogP contribution in [0.3, 0.4) is 0 Å². The van der Waals surface area contributed by atoms with Gasteiger partial charge in [0.1, 0.15) is 10.5 Å². The highest BCUT2D eigenvalue weighted by molar-refractivity contribution is 7.18. The largest absolute Gasteiger partial charge is 0.454 e. The minimum Gasteiger partial charge on any atom is -0.454 e. The third kappa shape index (κ3) is 2.44. The average Bonchev–Trinajstić information content (AvgIpc) is 3.34. The van der Waals surface area contributed by atoms with Crippen molar-refractivity contribution in [1.82, 2.24) is 15.2 Å². The van der Waals surface area contributed by atoms with Crippen LogP contribution < -0.4 is 14.8 Å².